The molecule has 1 N–H and O–H groups in total. The molecular weight excluding hydrogens is 328 g/mol. The minimum Gasteiger partial charge on any atom is -0.369 e. The van der Waals surface area contributed by atoms with E-state index in [2.05, 4.69) is 42.2 Å². The molecule has 21 heavy (non-hydrogen) atoms. The first-order valence-electron chi connectivity index (χ1n) is 7.70. The van der Waals surface area contributed by atoms with Gasteiger partial charge in [-0.05, 0) is 73.4 Å². The van der Waals surface area contributed by atoms with Crippen molar-refractivity contribution >= 4 is 32.7 Å². The Morgan fingerprint density at radius 3 is 2.86 bits per heavy atom. The molecule has 0 radical (unpaired) electrons. The molecule has 2 aromatic rings. The fraction of sp³-hybridized carbons (Fsp3) is 0.500. The third-order valence-electron chi connectivity index (χ3n) is 4.01. The van der Waals surface area contributed by atoms with Crippen molar-refractivity contribution in [3.8, 4) is 0 Å². The first-order chi connectivity index (χ1) is 10.3. The molecule has 2 heterocycles. The summed E-state index contributed by atoms with van der Waals surface area (Å²) >= 11 is 3.54. The molecule has 0 bridgehead atoms. The number of aromatic nitrogens is 2. The number of anilines is 1. The summed E-state index contributed by atoms with van der Waals surface area (Å²) in [7, 11) is 0. The van der Waals surface area contributed by atoms with E-state index in [0.29, 0.717) is 0 Å². The van der Waals surface area contributed by atoms with Gasteiger partial charge in [0.15, 0.2) is 0 Å². The molecule has 1 saturated heterocycles. The number of nitrogens with zero attached hydrogens (tertiary/aromatic N) is 3. The lowest BCUT2D eigenvalue weighted by molar-refractivity contribution is 0.331. The van der Waals surface area contributed by atoms with Gasteiger partial charge in [0, 0.05) is 16.4 Å². The molecule has 0 unspecified atom stereocenters. The van der Waals surface area contributed by atoms with Crippen LogP contribution in [0, 0.1) is 0 Å². The maximum atomic E-state index is 4.37. The van der Waals surface area contributed by atoms with E-state index >= 15 is 0 Å². The van der Waals surface area contributed by atoms with Crippen molar-refractivity contribution in [2.75, 3.05) is 31.5 Å². The zero-order valence-corrected chi connectivity index (χ0v) is 13.8. The van der Waals surface area contributed by atoms with Gasteiger partial charge < -0.3 is 10.2 Å². The molecular formula is C16H21BrN4. The topological polar surface area (TPSA) is 41.0 Å². The maximum Gasteiger partial charge on any atom is 0.137 e. The summed E-state index contributed by atoms with van der Waals surface area (Å²) in [4.78, 5) is 11.3. The van der Waals surface area contributed by atoms with Gasteiger partial charge in [-0.1, -0.05) is 6.07 Å². The second-order valence-corrected chi connectivity index (χ2v) is 6.40. The van der Waals surface area contributed by atoms with Crippen LogP contribution in [-0.4, -0.2) is 41.0 Å². The lowest BCUT2D eigenvalue weighted by Crippen LogP contribution is -2.20. The van der Waals surface area contributed by atoms with Crippen LogP contribution in [0.15, 0.2) is 29.0 Å². The first-order valence-corrected chi connectivity index (χ1v) is 8.49. The molecule has 1 aromatic heterocycles. The van der Waals surface area contributed by atoms with Crippen molar-refractivity contribution in [2.24, 2.45) is 0 Å². The summed E-state index contributed by atoms with van der Waals surface area (Å²) in [5.74, 6) is 0.933. The number of nitrogens with one attached hydrogen (secondary N) is 1. The Hall–Kier alpha value is -1.20. The van der Waals surface area contributed by atoms with Crippen molar-refractivity contribution in [3.63, 3.8) is 0 Å². The SMILES string of the molecule is Brc1cccc2c(NCCCCN3CCCC3)ncnc12. The van der Waals surface area contributed by atoms with Crippen LogP contribution in [0.3, 0.4) is 0 Å². The standard InChI is InChI=1S/C16H21BrN4/c17-14-7-5-6-13-15(14)19-12-20-16(13)18-8-1-2-9-21-10-3-4-11-21/h5-7,12H,1-4,8-11H2,(H,18,19,20). The Morgan fingerprint density at radius 1 is 1.14 bits per heavy atom. The number of likely N-dealkylation sites (tertiary alicyclic amines) is 1. The van der Waals surface area contributed by atoms with Gasteiger partial charge in [0.25, 0.3) is 0 Å². The van der Waals surface area contributed by atoms with Crippen molar-refractivity contribution in [1.29, 1.82) is 0 Å². The number of rotatable bonds is 6. The summed E-state index contributed by atoms with van der Waals surface area (Å²) in [6.45, 7) is 4.78. The largest absolute Gasteiger partial charge is 0.369 e. The molecule has 112 valence electrons. The highest BCUT2D eigenvalue weighted by Crippen LogP contribution is 2.25. The van der Waals surface area contributed by atoms with E-state index in [1.807, 2.05) is 12.1 Å². The zero-order valence-electron chi connectivity index (χ0n) is 12.2. The number of hydrogen-bond donors (Lipinski definition) is 1. The van der Waals surface area contributed by atoms with Gasteiger partial charge in [-0.15, -0.1) is 0 Å². The van der Waals surface area contributed by atoms with Gasteiger partial charge >= 0.3 is 0 Å². The monoisotopic (exact) mass is 348 g/mol. The molecule has 3 rings (SSSR count). The summed E-state index contributed by atoms with van der Waals surface area (Å²) in [5, 5.41) is 4.53. The Balaban J connectivity index is 1.52. The molecule has 0 atom stereocenters. The van der Waals surface area contributed by atoms with E-state index in [4.69, 9.17) is 0 Å². The molecule has 4 nitrogen and oxygen atoms in total. The number of unbranched alkanes of at least 4 members (excludes halogenated alkanes) is 1. The molecule has 0 aliphatic carbocycles. The van der Waals surface area contributed by atoms with Gasteiger partial charge in [0.05, 0.1) is 5.52 Å². The predicted octanol–water partition coefficient (Wildman–Crippen LogP) is 3.68. The maximum absolute atomic E-state index is 4.37. The third-order valence-corrected chi connectivity index (χ3v) is 4.65. The van der Waals surface area contributed by atoms with E-state index in [9.17, 15) is 0 Å². The third kappa shape index (κ3) is 3.71. The van der Waals surface area contributed by atoms with Crippen molar-refractivity contribution in [1.82, 2.24) is 14.9 Å². The quantitative estimate of drug-likeness (QED) is 0.808. The van der Waals surface area contributed by atoms with Crippen LogP contribution in [0.5, 0.6) is 0 Å². The number of fused-ring (bicyclic) bond motifs is 1. The minimum atomic E-state index is 0.933. The molecule has 0 spiro atoms. The van der Waals surface area contributed by atoms with Crippen LogP contribution in [-0.2, 0) is 0 Å². The smallest absolute Gasteiger partial charge is 0.137 e. The fourth-order valence-corrected chi connectivity index (χ4v) is 3.33. The molecule has 1 fully saturated rings. The second kappa shape index (κ2) is 7.18. The van der Waals surface area contributed by atoms with Crippen LogP contribution in [0.2, 0.25) is 0 Å². The van der Waals surface area contributed by atoms with E-state index in [0.717, 1.165) is 27.7 Å². The molecule has 1 aromatic carbocycles. The van der Waals surface area contributed by atoms with Gasteiger partial charge in [0.2, 0.25) is 0 Å². The van der Waals surface area contributed by atoms with Crippen LogP contribution >= 0.6 is 15.9 Å². The van der Waals surface area contributed by atoms with E-state index in [1.165, 1.54) is 45.3 Å². The van der Waals surface area contributed by atoms with E-state index in [-0.39, 0.29) is 0 Å². The van der Waals surface area contributed by atoms with Gasteiger partial charge in [-0.2, -0.15) is 0 Å². The van der Waals surface area contributed by atoms with Crippen LogP contribution in [0.1, 0.15) is 25.7 Å². The van der Waals surface area contributed by atoms with Gasteiger partial charge in [0.1, 0.15) is 12.1 Å². The highest BCUT2D eigenvalue weighted by atomic mass is 79.9. The Labute approximate surface area is 134 Å². The van der Waals surface area contributed by atoms with Crippen LogP contribution < -0.4 is 5.32 Å². The van der Waals surface area contributed by atoms with Gasteiger partial charge in [-0.3, -0.25) is 0 Å². The summed E-state index contributed by atoms with van der Waals surface area (Å²) in [6.07, 6.45) is 6.80. The Kier molecular flexibility index (Phi) is 5.04. The van der Waals surface area contributed by atoms with Crippen molar-refractivity contribution in [3.05, 3.63) is 29.0 Å². The molecule has 0 amide bonds. The minimum absolute atomic E-state index is 0.933. The average Bonchev–Trinajstić information content (AvgIpc) is 3.01. The molecule has 0 saturated carbocycles. The summed E-state index contributed by atoms with van der Waals surface area (Å²) < 4.78 is 1.01. The van der Waals surface area contributed by atoms with E-state index in [1.54, 1.807) is 6.33 Å². The lowest BCUT2D eigenvalue weighted by atomic mass is 10.2. The molecule has 1 aliphatic rings. The number of hydrogen-bond acceptors (Lipinski definition) is 4. The number of benzene rings is 1. The van der Waals surface area contributed by atoms with Crippen molar-refractivity contribution in [2.45, 2.75) is 25.7 Å². The molecule has 1 aliphatic heterocycles. The van der Waals surface area contributed by atoms with Crippen molar-refractivity contribution < 1.29 is 0 Å². The predicted molar refractivity (Wildman–Crippen MR) is 90.6 cm³/mol. The lowest BCUT2D eigenvalue weighted by Gasteiger charge is -2.14. The van der Waals surface area contributed by atoms with Crippen LogP contribution in [0.4, 0.5) is 5.82 Å². The first kappa shape index (κ1) is 14.7. The number of para-hydroxylation sites is 1. The average molecular weight is 349 g/mol. The highest BCUT2D eigenvalue weighted by molar-refractivity contribution is 9.10. The Bertz CT molecular complexity index is 596. The van der Waals surface area contributed by atoms with Gasteiger partial charge in [-0.25, -0.2) is 9.97 Å². The second-order valence-electron chi connectivity index (χ2n) is 5.54. The summed E-state index contributed by atoms with van der Waals surface area (Å²) in [5.41, 5.74) is 0.965. The van der Waals surface area contributed by atoms with Crippen LogP contribution in [0.25, 0.3) is 10.9 Å². The molecule has 5 heteroatoms. The normalized spacial score (nSPS) is 15.7. The summed E-state index contributed by atoms with van der Waals surface area (Å²) in [6, 6.07) is 6.09. The zero-order chi connectivity index (χ0) is 14.5. The number of halogens is 1. The fourth-order valence-electron chi connectivity index (χ4n) is 2.87. The van der Waals surface area contributed by atoms with E-state index < -0.39 is 0 Å². The highest BCUT2D eigenvalue weighted by Gasteiger charge is 2.10. The Morgan fingerprint density at radius 2 is 2.00 bits per heavy atom.